The molecular weight excluding hydrogens is 486 g/mol. The van der Waals surface area contributed by atoms with Gasteiger partial charge in [0.2, 0.25) is 0 Å². The minimum absolute atomic E-state index is 0.135. The first-order chi connectivity index (χ1) is 15.8. The van der Waals surface area contributed by atoms with Crippen molar-refractivity contribution in [1.29, 1.82) is 0 Å². The van der Waals surface area contributed by atoms with Crippen molar-refractivity contribution in [3.05, 3.63) is 73.0 Å². The van der Waals surface area contributed by atoms with E-state index in [1.807, 2.05) is 0 Å². The number of methoxy groups -OCH3 is 1. The van der Waals surface area contributed by atoms with Crippen LogP contribution in [0.2, 0.25) is 5.02 Å². The number of ether oxygens (including phenoxy) is 1. The summed E-state index contributed by atoms with van der Waals surface area (Å²) in [5.74, 6) is -0.466. The SMILES string of the molecule is COc1ccc(Cl)c(-c2cc3[nH]c(=O)n(-c4cncc5sc(C(=O)O)c(C)c45)c(=O)c3s2)c1. The van der Waals surface area contributed by atoms with Crippen LogP contribution in [0.4, 0.5) is 0 Å². The molecule has 8 nitrogen and oxygen atoms in total. The van der Waals surface area contributed by atoms with Crippen molar-refractivity contribution < 1.29 is 14.6 Å². The number of carboxylic acid groups (broad SMARTS) is 1. The van der Waals surface area contributed by atoms with E-state index in [9.17, 15) is 19.5 Å². The van der Waals surface area contributed by atoms with Crippen LogP contribution < -0.4 is 16.0 Å². The zero-order valence-electron chi connectivity index (χ0n) is 17.1. The highest BCUT2D eigenvalue weighted by molar-refractivity contribution is 7.22. The van der Waals surface area contributed by atoms with E-state index >= 15 is 0 Å². The van der Waals surface area contributed by atoms with Crippen LogP contribution in [0.1, 0.15) is 15.2 Å². The molecule has 0 amide bonds. The summed E-state index contributed by atoms with van der Waals surface area (Å²) in [5, 5.41) is 10.5. The number of hydrogen-bond donors (Lipinski definition) is 2. The third-order valence-corrected chi connectivity index (χ3v) is 7.97. The maximum atomic E-state index is 13.5. The van der Waals surface area contributed by atoms with E-state index in [0.717, 1.165) is 15.9 Å². The normalized spacial score (nSPS) is 11.4. The van der Waals surface area contributed by atoms with Gasteiger partial charge >= 0.3 is 11.7 Å². The summed E-state index contributed by atoms with van der Waals surface area (Å²) in [6, 6.07) is 6.89. The molecule has 1 aromatic carbocycles. The maximum absolute atomic E-state index is 13.5. The van der Waals surface area contributed by atoms with Gasteiger partial charge in [-0.3, -0.25) is 9.78 Å². The number of carbonyl (C=O) groups is 1. The van der Waals surface area contributed by atoms with Gasteiger partial charge in [-0.1, -0.05) is 11.6 Å². The molecule has 4 aromatic heterocycles. The van der Waals surface area contributed by atoms with Gasteiger partial charge in [0.1, 0.15) is 15.3 Å². The number of thiophene rings is 2. The Morgan fingerprint density at radius 2 is 2.00 bits per heavy atom. The Hall–Kier alpha value is -3.47. The highest BCUT2D eigenvalue weighted by atomic mass is 35.5. The molecule has 0 fully saturated rings. The summed E-state index contributed by atoms with van der Waals surface area (Å²) in [7, 11) is 1.55. The van der Waals surface area contributed by atoms with Crippen molar-refractivity contribution in [3.8, 4) is 21.9 Å². The lowest BCUT2D eigenvalue weighted by atomic mass is 10.1. The van der Waals surface area contributed by atoms with E-state index in [2.05, 4.69) is 9.97 Å². The zero-order chi connectivity index (χ0) is 23.4. The molecule has 0 aliphatic rings. The van der Waals surface area contributed by atoms with Crippen LogP contribution in [0.3, 0.4) is 0 Å². The molecule has 0 bridgehead atoms. The summed E-state index contributed by atoms with van der Waals surface area (Å²) in [6.45, 7) is 1.65. The molecular formula is C22H14ClN3O5S2. The molecule has 2 N–H and O–H groups in total. The molecule has 0 aliphatic heterocycles. The quantitative estimate of drug-likeness (QED) is 0.371. The van der Waals surface area contributed by atoms with Gasteiger partial charge in [0.15, 0.2) is 0 Å². The van der Waals surface area contributed by atoms with Gasteiger partial charge in [-0.25, -0.2) is 14.2 Å². The number of aryl methyl sites for hydroxylation is 1. The second-order valence-corrected chi connectivity index (χ2v) is 9.67. The third-order valence-electron chi connectivity index (χ3n) is 5.27. The van der Waals surface area contributed by atoms with Gasteiger partial charge < -0.3 is 14.8 Å². The standard InChI is InChI=1S/C22H14ClN3O5S2/c1-9-17-14(7-24-8-16(17)33-18(9)21(28)29)26-20(27)19-13(25-22(26)30)6-15(32-19)11-5-10(31-2)3-4-12(11)23/h3-8H,1-2H3,(H,25,30)(H,28,29). The van der Waals surface area contributed by atoms with Gasteiger partial charge in [0.25, 0.3) is 5.56 Å². The fourth-order valence-corrected chi connectivity index (χ4v) is 6.12. The molecule has 166 valence electrons. The number of aromatic carboxylic acids is 1. The van der Waals surface area contributed by atoms with Crippen LogP contribution in [0.15, 0.2) is 46.2 Å². The number of aromatic amines is 1. The first-order valence-electron chi connectivity index (χ1n) is 9.53. The van der Waals surface area contributed by atoms with Crippen LogP contribution in [-0.4, -0.2) is 32.7 Å². The molecule has 5 aromatic rings. The van der Waals surface area contributed by atoms with E-state index < -0.39 is 17.2 Å². The predicted octanol–water partition coefficient (Wildman–Crippen LogP) is 4.69. The largest absolute Gasteiger partial charge is 0.497 e. The first kappa shape index (κ1) is 21.4. The van der Waals surface area contributed by atoms with Crippen molar-refractivity contribution in [2.75, 3.05) is 7.11 Å². The Morgan fingerprint density at radius 3 is 2.73 bits per heavy atom. The topological polar surface area (TPSA) is 114 Å². The number of nitrogens with zero attached hydrogens (tertiary/aromatic N) is 2. The molecule has 0 saturated carbocycles. The number of benzene rings is 1. The van der Waals surface area contributed by atoms with E-state index in [1.165, 1.54) is 23.7 Å². The lowest BCUT2D eigenvalue weighted by molar-refractivity contribution is 0.0701. The summed E-state index contributed by atoms with van der Waals surface area (Å²) in [6.07, 6.45) is 2.92. The van der Waals surface area contributed by atoms with Gasteiger partial charge in [0.05, 0.1) is 29.2 Å². The highest BCUT2D eigenvalue weighted by Crippen LogP contribution is 2.38. The van der Waals surface area contributed by atoms with Crippen molar-refractivity contribution in [1.82, 2.24) is 14.5 Å². The summed E-state index contributed by atoms with van der Waals surface area (Å²) in [5.41, 5.74) is 0.588. The number of halogens is 1. The number of aromatic nitrogens is 3. The fourth-order valence-electron chi connectivity index (χ4n) is 3.74. The maximum Gasteiger partial charge on any atom is 0.346 e. The van der Waals surface area contributed by atoms with Crippen LogP contribution in [0, 0.1) is 6.92 Å². The molecule has 0 radical (unpaired) electrons. The van der Waals surface area contributed by atoms with Crippen molar-refractivity contribution >= 4 is 60.5 Å². The monoisotopic (exact) mass is 499 g/mol. The average Bonchev–Trinajstić information content (AvgIpc) is 3.36. The number of fused-ring (bicyclic) bond motifs is 2. The minimum Gasteiger partial charge on any atom is -0.497 e. The molecule has 33 heavy (non-hydrogen) atoms. The highest BCUT2D eigenvalue weighted by Gasteiger charge is 2.21. The number of rotatable bonds is 4. The van der Waals surface area contributed by atoms with Crippen molar-refractivity contribution in [3.63, 3.8) is 0 Å². The molecule has 0 saturated heterocycles. The lowest BCUT2D eigenvalue weighted by Crippen LogP contribution is -2.33. The first-order valence-corrected chi connectivity index (χ1v) is 11.5. The summed E-state index contributed by atoms with van der Waals surface area (Å²) >= 11 is 8.61. The molecule has 5 rings (SSSR count). The summed E-state index contributed by atoms with van der Waals surface area (Å²) < 4.78 is 7.17. The Bertz CT molecular complexity index is 1710. The molecule has 0 aliphatic carbocycles. The van der Waals surface area contributed by atoms with E-state index in [-0.39, 0.29) is 10.6 Å². The fraction of sp³-hybridized carbons (Fsp3) is 0.0909. The van der Waals surface area contributed by atoms with Crippen LogP contribution in [0.5, 0.6) is 5.75 Å². The number of nitrogens with one attached hydrogen (secondary N) is 1. The van der Waals surface area contributed by atoms with Crippen molar-refractivity contribution in [2.24, 2.45) is 0 Å². The Kier molecular flexibility index (Phi) is 5.08. The second-order valence-electron chi connectivity index (χ2n) is 7.16. The average molecular weight is 500 g/mol. The second kappa shape index (κ2) is 7.84. The molecule has 0 spiro atoms. The van der Waals surface area contributed by atoms with E-state index in [0.29, 0.717) is 47.1 Å². The number of carboxylic acids is 1. The summed E-state index contributed by atoms with van der Waals surface area (Å²) in [4.78, 5) is 45.7. The lowest BCUT2D eigenvalue weighted by Gasteiger charge is -2.07. The molecule has 0 atom stereocenters. The number of pyridine rings is 1. The van der Waals surface area contributed by atoms with Crippen LogP contribution >= 0.6 is 34.3 Å². The van der Waals surface area contributed by atoms with Crippen LogP contribution in [0.25, 0.3) is 36.4 Å². The van der Waals surface area contributed by atoms with Crippen LogP contribution in [-0.2, 0) is 0 Å². The molecule has 11 heteroatoms. The van der Waals surface area contributed by atoms with Gasteiger partial charge in [-0.05, 0) is 36.8 Å². The van der Waals surface area contributed by atoms with E-state index in [1.54, 1.807) is 38.3 Å². The number of hydrogen-bond acceptors (Lipinski definition) is 7. The van der Waals surface area contributed by atoms with Gasteiger partial charge in [-0.2, -0.15) is 0 Å². The Balaban J connectivity index is 1.78. The zero-order valence-corrected chi connectivity index (χ0v) is 19.5. The van der Waals surface area contributed by atoms with Crippen molar-refractivity contribution in [2.45, 2.75) is 6.92 Å². The predicted molar refractivity (Wildman–Crippen MR) is 130 cm³/mol. The Morgan fingerprint density at radius 1 is 1.21 bits per heavy atom. The van der Waals surface area contributed by atoms with E-state index in [4.69, 9.17) is 16.3 Å². The minimum atomic E-state index is -1.07. The molecule has 4 heterocycles. The Labute approximate surface area is 198 Å². The number of H-pyrrole nitrogens is 1. The smallest absolute Gasteiger partial charge is 0.346 e. The van der Waals surface area contributed by atoms with Gasteiger partial charge in [-0.15, -0.1) is 22.7 Å². The molecule has 0 unspecified atom stereocenters. The van der Waals surface area contributed by atoms with Gasteiger partial charge in [0, 0.05) is 27.0 Å². The third kappa shape index (κ3) is 3.34.